The first-order valence-electron chi connectivity index (χ1n) is 6.23. The fourth-order valence-corrected chi connectivity index (χ4v) is 2.36. The van der Waals surface area contributed by atoms with Crippen molar-refractivity contribution in [2.24, 2.45) is 0 Å². The van der Waals surface area contributed by atoms with E-state index in [4.69, 9.17) is 4.74 Å². The molecular formula is C12H25NO. The summed E-state index contributed by atoms with van der Waals surface area (Å²) in [5.41, 5.74) is 0. The van der Waals surface area contributed by atoms with Crippen LogP contribution in [0.15, 0.2) is 0 Å². The summed E-state index contributed by atoms with van der Waals surface area (Å²) in [5, 5.41) is 3.56. The van der Waals surface area contributed by atoms with Crippen LogP contribution in [0.1, 0.15) is 52.4 Å². The Morgan fingerprint density at radius 1 is 1.07 bits per heavy atom. The highest BCUT2D eigenvalue weighted by Crippen LogP contribution is 2.20. The normalized spacial score (nSPS) is 29.6. The molecule has 2 heteroatoms. The molecule has 1 rings (SSSR count). The molecule has 1 fully saturated rings. The van der Waals surface area contributed by atoms with Crippen molar-refractivity contribution >= 4 is 0 Å². The van der Waals surface area contributed by atoms with Gasteiger partial charge in [0.25, 0.3) is 0 Å². The van der Waals surface area contributed by atoms with Crippen LogP contribution in [-0.4, -0.2) is 25.3 Å². The van der Waals surface area contributed by atoms with Crippen molar-refractivity contribution < 1.29 is 4.74 Å². The van der Waals surface area contributed by atoms with E-state index in [0.29, 0.717) is 12.1 Å². The Morgan fingerprint density at radius 3 is 2.43 bits per heavy atom. The highest BCUT2D eigenvalue weighted by molar-refractivity contribution is 4.78. The van der Waals surface area contributed by atoms with Crippen LogP contribution in [0.4, 0.5) is 0 Å². The minimum atomic E-state index is 0.459. The number of hydrogen-bond donors (Lipinski definition) is 1. The Balaban J connectivity index is 2.42. The van der Waals surface area contributed by atoms with Gasteiger partial charge in [-0.05, 0) is 26.3 Å². The van der Waals surface area contributed by atoms with E-state index in [0.717, 1.165) is 13.2 Å². The van der Waals surface area contributed by atoms with Gasteiger partial charge in [-0.25, -0.2) is 0 Å². The minimum absolute atomic E-state index is 0.459. The second kappa shape index (κ2) is 7.24. The Bertz CT molecular complexity index is 122. The number of rotatable bonds is 4. The van der Waals surface area contributed by atoms with E-state index in [9.17, 15) is 0 Å². The molecular weight excluding hydrogens is 174 g/mol. The molecule has 1 saturated carbocycles. The lowest BCUT2D eigenvalue weighted by molar-refractivity contribution is 0.0213. The first-order valence-corrected chi connectivity index (χ1v) is 6.23. The lowest BCUT2D eigenvalue weighted by Gasteiger charge is -2.29. The van der Waals surface area contributed by atoms with Crippen molar-refractivity contribution in [3.63, 3.8) is 0 Å². The molecule has 2 unspecified atom stereocenters. The van der Waals surface area contributed by atoms with E-state index >= 15 is 0 Å². The molecule has 1 N–H and O–H groups in total. The Labute approximate surface area is 88.4 Å². The Hall–Kier alpha value is -0.0800. The fourth-order valence-electron chi connectivity index (χ4n) is 2.36. The van der Waals surface area contributed by atoms with Crippen molar-refractivity contribution in [2.75, 3.05) is 13.2 Å². The van der Waals surface area contributed by atoms with Gasteiger partial charge in [-0.1, -0.05) is 32.6 Å². The van der Waals surface area contributed by atoms with E-state index in [1.807, 2.05) is 0 Å². The zero-order chi connectivity index (χ0) is 10.2. The van der Waals surface area contributed by atoms with Gasteiger partial charge < -0.3 is 10.1 Å². The first-order chi connectivity index (χ1) is 6.88. The smallest absolute Gasteiger partial charge is 0.0727 e. The summed E-state index contributed by atoms with van der Waals surface area (Å²) in [4.78, 5) is 0. The molecule has 84 valence electrons. The summed E-state index contributed by atoms with van der Waals surface area (Å²) in [7, 11) is 0. The topological polar surface area (TPSA) is 21.3 Å². The van der Waals surface area contributed by atoms with Gasteiger partial charge in [-0.2, -0.15) is 0 Å². The first kappa shape index (κ1) is 12.0. The molecule has 0 heterocycles. The Kier molecular flexibility index (Phi) is 6.20. The van der Waals surface area contributed by atoms with Gasteiger partial charge in [-0.3, -0.25) is 0 Å². The van der Waals surface area contributed by atoms with E-state index in [2.05, 4.69) is 19.2 Å². The molecule has 0 aliphatic heterocycles. The molecule has 0 aromatic heterocycles. The van der Waals surface area contributed by atoms with E-state index in [-0.39, 0.29) is 0 Å². The molecule has 1 aliphatic carbocycles. The maximum absolute atomic E-state index is 5.82. The molecule has 0 spiro atoms. The zero-order valence-corrected chi connectivity index (χ0v) is 9.72. The highest BCUT2D eigenvalue weighted by atomic mass is 16.5. The minimum Gasteiger partial charge on any atom is -0.377 e. The third-order valence-electron chi connectivity index (χ3n) is 3.05. The molecule has 0 aromatic carbocycles. The van der Waals surface area contributed by atoms with Gasteiger partial charge in [0.2, 0.25) is 0 Å². The molecule has 0 saturated heterocycles. The van der Waals surface area contributed by atoms with Crippen LogP contribution in [-0.2, 0) is 4.74 Å². The van der Waals surface area contributed by atoms with Crippen LogP contribution in [0.3, 0.4) is 0 Å². The fraction of sp³-hybridized carbons (Fsp3) is 1.00. The molecule has 14 heavy (non-hydrogen) atoms. The Morgan fingerprint density at radius 2 is 1.79 bits per heavy atom. The van der Waals surface area contributed by atoms with Gasteiger partial charge in [0.15, 0.2) is 0 Å². The third-order valence-corrected chi connectivity index (χ3v) is 3.05. The van der Waals surface area contributed by atoms with Crippen molar-refractivity contribution in [1.82, 2.24) is 5.32 Å². The van der Waals surface area contributed by atoms with Crippen LogP contribution in [0, 0.1) is 0 Å². The largest absolute Gasteiger partial charge is 0.377 e. The second-order valence-corrected chi connectivity index (χ2v) is 4.15. The van der Waals surface area contributed by atoms with Crippen LogP contribution < -0.4 is 5.32 Å². The molecule has 2 atom stereocenters. The zero-order valence-electron chi connectivity index (χ0n) is 9.72. The predicted molar refractivity (Wildman–Crippen MR) is 60.6 cm³/mol. The number of ether oxygens (including phenoxy) is 1. The van der Waals surface area contributed by atoms with Crippen molar-refractivity contribution in [3.8, 4) is 0 Å². The van der Waals surface area contributed by atoms with Gasteiger partial charge in [0.1, 0.15) is 0 Å². The molecule has 0 bridgehead atoms. The van der Waals surface area contributed by atoms with Crippen LogP contribution >= 0.6 is 0 Å². The number of likely N-dealkylation sites (N-methyl/N-ethyl adjacent to an activating group) is 1. The average molecular weight is 199 g/mol. The predicted octanol–water partition coefficient (Wildman–Crippen LogP) is 2.72. The molecule has 1 aliphatic rings. The maximum Gasteiger partial charge on any atom is 0.0727 e. The quantitative estimate of drug-likeness (QED) is 0.751. The van der Waals surface area contributed by atoms with E-state index in [1.165, 1.54) is 38.5 Å². The van der Waals surface area contributed by atoms with Gasteiger partial charge in [0.05, 0.1) is 6.10 Å². The number of nitrogens with one attached hydrogen (secondary N) is 1. The van der Waals surface area contributed by atoms with E-state index < -0.39 is 0 Å². The molecule has 0 radical (unpaired) electrons. The summed E-state index contributed by atoms with van der Waals surface area (Å²) in [5.74, 6) is 0. The highest BCUT2D eigenvalue weighted by Gasteiger charge is 2.21. The summed E-state index contributed by atoms with van der Waals surface area (Å²) in [6, 6.07) is 0.597. The van der Waals surface area contributed by atoms with E-state index in [1.54, 1.807) is 0 Å². The summed E-state index contributed by atoms with van der Waals surface area (Å²) < 4.78 is 5.82. The standard InChI is InChI=1S/C12H25NO/c1-3-13-11-9-7-5-6-8-10-12(11)14-4-2/h11-13H,3-10H2,1-2H3. The van der Waals surface area contributed by atoms with Gasteiger partial charge in [-0.15, -0.1) is 0 Å². The molecule has 2 nitrogen and oxygen atoms in total. The summed E-state index contributed by atoms with van der Waals surface area (Å²) in [6.07, 6.45) is 8.49. The average Bonchev–Trinajstić information content (AvgIpc) is 2.16. The lowest BCUT2D eigenvalue weighted by atomic mass is 9.94. The number of hydrogen-bond acceptors (Lipinski definition) is 2. The van der Waals surface area contributed by atoms with Crippen molar-refractivity contribution in [1.29, 1.82) is 0 Å². The van der Waals surface area contributed by atoms with Crippen LogP contribution in [0.5, 0.6) is 0 Å². The summed E-state index contributed by atoms with van der Waals surface area (Å²) in [6.45, 7) is 6.20. The van der Waals surface area contributed by atoms with Crippen molar-refractivity contribution in [2.45, 2.75) is 64.5 Å². The van der Waals surface area contributed by atoms with Gasteiger partial charge in [0, 0.05) is 12.6 Å². The van der Waals surface area contributed by atoms with Crippen LogP contribution in [0.25, 0.3) is 0 Å². The second-order valence-electron chi connectivity index (χ2n) is 4.15. The molecule has 0 aromatic rings. The monoisotopic (exact) mass is 199 g/mol. The molecule has 0 amide bonds. The SMILES string of the molecule is CCNC1CCCCCCC1OCC. The lowest BCUT2D eigenvalue weighted by Crippen LogP contribution is -2.42. The van der Waals surface area contributed by atoms with Crippen molar-refractivity contribution in [3.05, 3.63) is 0 Å². The summed E-state index contributed by atoms with van der Waals surface area (Å²) >= 11 is 0. The van der Waals surface area contributed by atoms with Crippen LogP contribution in [0.2, 0.25) is 0 Å². The van der Waals surface area contributed by atoms with Gasteiger partial charge >= 0.3 is 0 Å². The maximum atomic E-state index is 5.82. The third kappa shape index (κ3) is 3.97.